The summed E-state index contributed by atoms with van der Waals surface area (Å²) in [5, 5.41) is 3.49. The minimum Gasteiger partial charge on any atom is -0.339 e. The molecule has 0 atom stereocenters. The Bertz CT molecular complexity index is 1470. The number of carbonyl (C=O) groups is 2. The van der Waals surface area contributed by atoms with Crippen LogP contribution in [0, 0.1) is 11.8 Å². The van der Waals surface area contributed by atoms with E-state index >= 15 is 0 Å². The number of aromatic nitrogens is 2. The lowest BCUT2D eigenvalue weighted by Gasteiger charge is -2.25. The van der Waals surface area contributed by atoms with Gasteiger partial charge in [-0.15, -0.1) is 0 Å². The highest BCUT2D eigenvalue weighted by atomic mass is 16.2. The van der Waals surface area contributed by atoms with Gasteiger partial charge >= 0.3 is 0 Å². The Morgan fingerprint density at radius 1 is 0.933 bits per heavy atom. The van der Waals surface area contributed by atoms with Gasteiger partial charge in [0.15, 0.2) is 5.78 Å². The average Bonchev–Trinajstić information content (AvgIpc) is 3.36. The zero-order valence-electron chi connectivity index (χ0n) is 28.3. The first kappa shape index (κ1) is 34.2. The quantitative estimate of drug-likeness (QED) is 0.155. The van der Waals surface area contributed by atoms with E-state index in [0.717, 1.165) is 87.5 Å². The van der Waals surface area contributed by atoms with Crippen molar-refractivity contribution in [1.82, 2.24) is 19.4 Å². The number of anilines is 2. The normalized spacial score (nSPS) is 13.2. The molecule has 3 aromatic rings. The predicted molar refractivity (Wildman–Crippen MR) is 187 cm³/mol. The molecule has 1 aliphatic carbocycles. The summed E-state index contributed by atoms with van der Waals surface area (Å²) in [5.74, 6) is 1.95. The molecule has 7 heteroatoms. The van der Waals surface area contributed by atoms with Gasteiger partial charge in [-0.3, -0.25) is 9.59 Å². The van der Waals surface area contributed by atoms with Gasteiger partial charge in [0.25, 0.3) is 5.91 Å². The maximum atomic E-state index is 13.9. The molecule has 0 fully saturated rings. The van der Waals surface area contributed by atoms with Gasteiger partial charge in [-0.25, -0.2) is 4.98 Å². The third kappa shape index (κ3) is 10.1. The van der Waals surface area contributed by atoms with Crippen LogP contribution in [0.3, 0.4) is 0 Å². The lowest BCUT2D eigenvalue weighted by Crippen LogP contribution is -2.34. The molecule has 1 aromatic heterocycles. The van der Waals surface area contributed by atoms with E-state index in [2.05, 4.69) is 67.8 Å². The molecular formula is C38H53N5O2. The molecule has 45 heavy (non-hydrogen) atoms. The first-order valence-corrected chi connectivity index (χ1v) is 16.8. The number of nitrogens with one attached hydrogen (secondary N) is 1. The molecular weight excluding hydrogens is 558 g/mol. The molecule has 1 aliphatic rings. The lowest BCUT2D eigenvalue weighted by atomic mass is 10.0. The number of hydrogen-bond donors (Lipinski definition) is 1. The van der Waals surface area contributed by atoms with Gasteiger partial charge in [-0.1, -0.05) is 51.5 Å². The Balaban J connectivity index is 1.56. The van der Waals surface area contributed by atoms with Gasteiger partial charge in [0.1, 0.15) is 0 Å². The number of allylic oxidation sites excluding steroid dienone is 3. The summed E-state index contributed by atoms with van der Waals surface area (Å²) >= 11 is 0. The van der Waals surface area contributed by atoms with Gasteiger partial charge in [-0.05, 0) is 113 Å². The number of rotatable bonds is 17. The lowest BCUT2D eigenvalue weighted by molar-refractivity contribution is 0.0740. The number of benzene rings is 2. The zero-order valence-corrected chi connectivity index (χ0v) is 28.3. The van der Waals surface area contributed by atoms with E-state index < -0.39 is 0 Å². The number of hydrogen-bond acceptors (Lipinski definition) is 5. The Kier molecular flexibility index (Phi) is 12.6. The van der Waals surface area contributed by atoms with Crippen LogP contribution in [-0.2, 0) is 6.54 Å². The number of ketones is 1. The van der Waals surface area contributed by atoms with E-state index in [-0.39, 0.29) is 11.7 Å². The van der Waals surface area contributed by atoms with E-state index in [0.29, 0.717) is 23.0 Å². The summed E-state index contributed by atoms with van der Waals surface area (Å²) in [6.07, 6.45) is 13.0. The van der Waals surface area contributed by atoms with Gasteiger partial charge in [0.05, 0.1) is 11.0 Å². The number of Topliss-reactive ketones (excluding diaryl/α,β-unsaturated/α-hetero) is 1. The predicted octanol–water partition coefficient (Wildman–Crippen LogP) is 8.51. The topological polar surface area (TPSA) is 70.5 Å². The molecule has 1 heterocycles. The molecule has 4 rings (SSSR count). The minimum atomic E-state index is 0.0437. The molecule has 1 amide bonds. The molecule has 242 valence electrons. The molecule has 0 aliphatic heterocycles. The van der Waals surface area contributed by atoms with Gasteiger partial charge in [0.2, 0.25) is 5.95 Å². The molecule has 0 saturated carbocycles. The number of aryl methyl sites for hydroxylation is 1. The summed E-state index contributed by atoms with van der Waals surface area (Å²) in [5.41, 5.74) is 5.60. The number of nitrogens with zero attached hydrogens (tertiary/aromatic N) is 4. The number of carbonyl (C=O) groups excluding carboxylic acids is 2. The maximum absolute atomic E-state index is 13.9. The van der Waals surface area contributed by atoms with Crippen molar-refractivity contribution >= 4 is 34.4 Å². The second kappa shape index (κ2) is 16.6. The highest BCUT2D eigenvalue weighted by Gasteiger charge is 2.20. The van der Waals surface area contributed by atoms with Crippen LogP contribution in [-0.4, -0.2) is 64.3 Å². The van der Waals surface area contributed by atoms with Crippen molar-refractivity contribution in [3.8, 4) is 0 Å². The number of amides is 1. The summed E-state index contributed by atoms with van der Waals surface area (Å²) < 4.78 is 2.21. The van der Waals surface area contributed by atoms with Crippen molar-refractivity contribution in [2.75, 3.05) is 38.5 Å². The van der Waals surface area contributed by atoms with Crippen molar-refractivity contribution in [2.45, 2.75) is 79.7 Å². The van der Waals surface area contributed by atoms with Crippen LogP contribution in [0.25, 0.3) is 11.0 Å². The first-order valence-electron chi connectivity index (χ1n) is 16.8. The van der Waals surface area contributed by atoms with Crippen molar-refractivity contribution in [1.29, 1.82) is 0 Å². The molecule has 0 unspecified atom stereocenters. The van der Waals surface area contributed by atoms with Crippen LogP contribution in [0.2, 0.25) is 0 Å². The molecule has 0 bridgehead atoms. The van der Waals surface area contributed by atoms with Crippen molar-refractivity contribution < 1.29 is 9.59 Å². The molecule has 2 aromatic carbocycles. The van der Waals surface area contributed by atoms with E-state index in [1.54, 1.807) is 6.92 Å². The Morgan fingerprint density at radius 3 is 2.24 bits per heavy atom. The van der Waals surface area contributed by atoms with Gasteiger partial charge in [-0.2, -0.15) is 0 Å². The zero-order chi connectivity index (χ0) is 32.3. The van der Waals surface area contributed by atoms with Crippen LogP contribution in [0.1, 0.15) is 93.9 Å². The summed E-state index contributed by atoms with van der Waals surface area (Å²) in [6.45, 7) is 14.7. The molecule has 0 radical (unpaired) electrons. The SMILES string of the molecule is CC(=O)c1ccc(Nc2nc3ccc(C(=O)N(CCC(C)C)CCC(C)C)cc3n2CCCN(C)CCC2=CC=CCC2)cc1. The van der Waals surface area contributed by atoms with Crippen LogP contribution in [0.5, 0.6) is 0 Å². The number of imidazole rings is 1. The Hall–Kier alpha value is -3.71. The van der Waals surface area contributed by atoms with Crippen LogP contribution < -0.4 is 5.32 Å². The van der Waals surface area contributed by atoms with Crippen LogP contribution >= 0.6 is 0 Å². The van der Waals surface area contributed by atoms with Crippen LogP contribution in [0.15, 0.2) is 66.3 Å². The van der Waals surface area contributed by atoms with E-state index in [1.807, 2.05) is 47.4 Å². The smallest absolute Gasteiger partial charge is 0.253 e. The Labute approximate surface area is 270 Å². The minimum absolute atomic E-state index is 0.0437. The fraction of sp³-hybridized carbons (Fsp3) is 0.500. The highest BCUT2D eigenvalue weighted by molar-refractivity contribution is 5.98. The molecule has 0 spiro atoms. The average molecular weight is 612 g/mol. The van der Waals surface area contributed by atoms with Crippen LogP contribution in [0.4, 0.5) is 11.6 Å². The second-order valence-electron chi connectivity index (χ2n) is 13.4. The standard InChI is InChI=1S/C38H53N5O2/c1-28(2)19-25-42(26-20-29(3)4)37(45)33-15-18-35-36(27-33)43(23-10-22-41(6)24-21-31-11-8-7-9-12-31)38(40-35)39-34-16-13-32(14-17-34)30(5)44/h7-8,11,13-18,27-29H,9-10,12,19-26H2,1-6H3,(H,39,40). The molecule has 0 saturated heterocycles. The van der Waals surface area contributed by atoms with E-state index in [9.17, 15) is 9.59 Å². The van der Waals surface area contributed by atoms with Gasteiger partial charge in [0, 0.05) is 43.0 Å². The van der Waals surface area contributed by atoms with Crippen molar-refractivity contribution in [3.63, 3.8) is 0 Å². The summed E-state index contributed by atoms with van der Waals surface area (Å²) in [4.78, 5) is 35.0. The third-order valence-electron chi connectivity index (χ3n) is 8.62. The van der Waals surface area contributed by atoms with E-state index in [1.165, 1.54) is 12.0 Å². The maximum Gasteiger partial charge on any atom is 0.253 e. The number of fused-ring (bicyclic) bond motifs is 1. The summed E-state index contributed by atoms with van der Waals surface area (Å²) in [7, 11) is 2.20. The van der Waals surface area contributed by atoms with E-state index in [4.69, 9.17) is 4.98 Å². The van der Waals surface area contributed by atoms with Crippen molar-refractivity contribution in [2.24, 2.45) is 11.8 Å². The van der Waals surface area contributed by atoms with Crippen molar-refractivity contribution in [3.05, 3.63) is 77.4 Å². The second-order valence-corrected chi connectivity index (χ2v) is 13.4. The highest BCUT2D eigenvalue weighted by Crippen LogP contribution is 2.26. The third-order valence-corrected chi connectivity index (χ3v) is 8.62. The Morgan fingerprint density at radius 2 is 1.62 bits per heavy atom. The fourth-order valence-corrected chi connectivity index (χ4v) is 5.63. The largest absolute Gasteiger partial charge is 0.339 e. The molecule has 1 N–H and O–H groups in total. The first-order chi connectivity index (χ1) is 21.6. The monoisotopic (exact) mass is 611 g/mol. The summed E-state index contributed by atoms with van der Waals surface area (Å²) in [6, 6.07) is 13.4. The fourth-order valence-electron chi connectivity index (χ4n) is 5.63. The van der Waals surface area contributed by atoms with Gasteiger partial charge < -0.3 is 19.7 Å². The molecule has 7 nitrogen and oxygen atoms in total.